The van der Waals surface area contributed by atoms with Gasteiger partial charge in [-0.3, -0.25) is 0 Å². The van der Waals surface area contributed by atoms with Gasteiger partial charge in [-0.1, -0.05) is 0 Å². The van der Waals surface area contributed by atoms with Crippen molar-refractivity contribution in [2.75, 3.05) is 0 Å². The topological polar surface area (TPSA) is 73.1 Å². The van der Waals surface area contributed by atoms with E-state index in [0.717, 1.165) is 14.5 Å². The molecule has 0 spiro atoms. The maximum Gasteiger partial charge on any atom is 0.212 e. The highest BCUT2D eigenvalue weighted by Crippen LogP contribution is 2.35. The van der Waals surface area contributed by atoms with Gasteiger partial charge in [0.1, 0.15) is 5.75 Å². The summed E-state index contributed by atoms with van der Waals surface area (Å²) in [5, 5.41) is 20.6. The molecule has 0 saturated carbocycles. The van der Waals surface area contributed by atoms with Gasteiger partial charge in [-0.05, 0) is 54.8 Å². The quantitative estimate of drug-likeness (QED) is 0.879. The van der Waals surface area contributed by atoms with Crippen LogP contribution in [0.5, 0.6) is 5.75 Å². The number of ether oxygens (including phenoxy) is 1. The predicted octanol–water partition coefficient (Wildman–Crippen LogP) is 1.81. The number of halogens is 2. The highest BCUT2D eigenvalue weighted by molar-refractivity contribution is 9.11. The Hall–Kier alpha value is -0.990. The molecule has 0 bridgehead atoms. The number of hydrogen-bond acceptors (Lipinski definition) is 5. The summed E-state index contributed by atoms with van der Waals surface area (Å²) in [6, 6.07) is 3.59. The average Bonchev–Trinajstić information content (AvgIpc) is 2.73. The summed E-state index contributed by atoms with van der Waals surface area (Å²) in [5.74, 6) is 1.14. The smallest absolute Gasteiger partial charge is 0.212 e. The lowest BCUT2D eigenvalue weighted by Crippen LogP contribution is -2.00. The second kappa shape index (κ2) is 5.77. The standard InChI is InChI=1S/C10H10Br2N4O2/c1-16-14-9(13-15-16)5-18-10-7(11)2-6(4-17)3-8(10)12/h2-3,17H,4-5H2,1H3. The van der Waals surface area contributed by atoms with Gasteiger partial charge >= 0.3 is 0 Å². The van der Waals surface area contributed by atoms with Crippen LogP contribution in [0.15, 0.2) is 21.1 Å². The second-order valence-corrected chi connectivity index (χ2v) is 5.24. The first-order chi connectivity index (χ1) is 8.60. The van der Waals surface area contributed by atoms with Crippen molar-refractivity contribution in [1.29, 1.82) is 0 Å². The fraction of sp³-hybridized carbons (Fsp3) is 0.300. The van der Waals surface area contributed by atoms with Crippen molar-refractivity contribution in [3.8, 4) is 5.75 Å². The summed E-state index contributed by atoms with van der Waals surface area (Å²) in [4.78, 5) is 1.37. The largest absolute Gasteiger partial charge is 0.483 e. The zero-order chi connectivity index (χ0) is 13.1. The molecular weight excluding hydrogens is 368 g/mol. The normalized spacial score (nSPS) is 10.7. The van der Waals surface area contributed by atoms with E-state index in [9.17, 15) is 0 Å². The molecular formula is C10H10Br2N4O2. The molecule has 0 unspecified atom stereocenters. The lowest BCUT2D eigenvalue weighted by Gasteiger charge is -2.10. The van der Waals surface area contributed by atoms with Crippen LogP contribution in [0, 0.1) is 0 Å². The van der Waals surface area contributed by atoms with E-state index >= 15 is 0 Å². The van der Waals surface area contributed by atoms with Crippen LogP contribution in [-0.4, -0.2) is 25.3 Å². The zero-order valence-corrected chi connectivity index (χ0v) is 12.6. The first-order valence-corrected chi connectivity index (χ1v) is 6.63. The third kappa shape index (κ3) is 3.06. The Kier molecular flexibility index (Phi) is 4.31. The number of aliphatic hydroxyl groups is 1. The Morgan fingerprint density at radius 1 is 1.33 bits per heavy atom. The van der Waals surface area contributed by atoms with Gasteiger partial charge in [-0.2, -0.15) is 4.80 Å². The predicted molar refractivity (Wildman–Crippen MR) is 70.9 cm³/mol. The van der Waals surface area contributed by atoms with Crippen molar-refractivity contribution in [2.24, 2.45) is 7.05 Å². The number of rotatable bonds is 4. The summed E-state index contributed by atoms with van der Waals surface area (Å²) in [5.41, 5.74) is 0.790. The molecule has 1 aromatic carbocycles. The monoisotopic (exact) mass is 376 g/mol. The molecule has 0 fully saturated rings. The van der Waals surface area contributed by atoms with Crippen LogP contribution in [0.1, 0.15) is 11.4 Å². The molecule has 0 saturated heterocycles. The van der Waals surface area contributed by atoms with Gasteiger partial charge in [-0.25, -0.2) is 0 Å². The van der Waals surface area contributed by atoms with Gasteiger partial charge in [0.15, 0.2) is 6.61 Å². The molecule has 1 aromatic heterocycles. The molecule has 0 atom stereocenters. The second-order valence-electron chi connectivity index (χ2n) is 3.53. The van der Waals surface area contributed by atoms with Crippen LogP contribution in [0.3, 0.4) is 0 Å². The molecule has 1 heterocycles. The third-order valence-corrected chi connectivity index (χ3v) is 3.31. The first-order valence-electron chi connectivity index (χ1n) is 5.04. The number of hydrogen-bond donors (Lipinski definition) is 1. The molecule has 96 valence electrons. The minimum absolute atomic E-state index is 0.0246. The zero-order valence-electron chi connectivity index (χ0n) is 9.47. The van der Waals surface area contributed by atoms with Crippen molar-refractivity contribution in [3.05, 3.63) is 32.5 Å². The molecule has 0 radical (unpaired) electrons. The van der Waals surface area contributed by atoms with Crippen molar-refractivity contribution < 1.29 is 9.84 Å². The van der Waals surface area contributed by atoms with Crippen LogP contribution >= 0.6 is 31.9 Å². The Labute approximate surface area is 120 Å². The fourth-order valence-electron chi connectivity index (χ4n) is 1.36. The van der Waals surface area contributed by atoms with Gasteiger partial charge in [0, 0.05) is 0 Å². The van der Waals surface area contributed by atoms with Gasteiger partial charge in [0.05, 0.1) is 22.6 Å². The van der Waals surface area contributed by atoms with Gasteiger partial charge in [-0.15, -0.1) is 10.2 Å². The Bertz CT molecular complexity index is 536. The third-order valence-electron chi connectivity index (χ3n) is 2.14. The minimum Gasteiger partial charge on any atom is -0.483 e. The lowest BCUT2D eigenvalue weighted by molar-refractivity contribution is 0.279. The average molecular weight is 378 g/mol. The van der Waals surface area contributed by atoms with Gasteiger partial charge in [0.25, 0.3) is 0 Å². The van der Waals surface area contributed by atoms with E-state index in [0.29, 0.717) is 11.6 Å². The maximum atomic E-state index is 9.07. The van der Waals surface area contributed by atoms with E-state index < -0.39 is 0 Å². The van der Waals surface area contributed by atoms with E-state index in [4.69, 9.17) is 9.84 Å². The Morgan fingerprint density at radius 2 is 2.00 bits per heavy atom. The van der Waals surface area contributed by atoms with E-state index in [2.05, 4.69) is 47.3 Å². The maximum absolute atomic E-state index is 9.07. The summed E-state index contributed by atoms with van der Waals surface area (Å²) < 4.78 is 7.12. The molecule has 0 aliphatic carbocycles. The van der Waals surface area contributed by atoms with Gasteiger partial charge < -0.3 is 9.84 Å². The van der Waals surface area contributed by atoms with Gasteiger partial charge in [0.2, 0.25) is 5.82 Å². The van der Waals surface area contributed by atoms with E-state index in [-0.39, 0.29) is 13.2 Å². The van der Waals surface area contributed by atoms with Crippen LogP contribution in [0.25, 0.3) is 0 Å². The molecule has 18 heavy (non-hydrogen) atoms. The lowest BCUT2D eigenvalue weighted by atomic mass is 10.2. The minimum atomic E-state index is -0.0246. The molecule has 8 heteroatoms. The summed E-state index contributed by atoms with van der Waals surface area (Å²) in [6.45, 7) is 0.201. The number of aryl methyl sites for hydroxylation is 1. The van der Waals surface area contributed by atoms with Crippen LogP contribution < -0.4 is 4.74 Å². The van der Waals surface area contributed by atoms with Crippen LogP contribution in [-0.2, 0) is 20.3 Å². The van der Waals surface area contributed by atoms with Crippen LogP contribution in [0.4, 0.5) is 0 Å². The number of nitrogens with zero attached hydrogens (tertiary/aromatic N) is 4. The van der Waals surface area contributed by atoms with E-state index in [1.165, 1.54) is 4.80 Å². The first kappa shape index (κ1) is 13.4. The van der Waals surface area contributed by atoms with E-state index in [1.807, 2.05) is 0 Å². The number of aromatic nitrogens is 4. The molecule has 6 nitrogen and oxygen atoms in total. The molecule has 2 aromatic rings. The van der Waals surface area contributed by atoms with Crippen molar-refractivity contribution >= 4 is 31.9 Å². The highest BCUT2D eigenvalue weighted by Gasteiger charge is 2.10. The van der Waals surface area contributed by atoms with Crippen LogP contribution in [0.2, 0.25) is 0 Å². The Balaban J connectivity index is 2.14. The van der Waals surface area contributed by atoms with Crippen molar-refractivity contribution in [2.45, 2.75) is 13.2 Å². The Morgan fingerprint density at radius 3 is 2.50 bits per heavy atom. The highest BCUT2D eigenvalue weighted by atomic mass is 79.9. The molecule has 0 amide bonds. The molecule has 2 rings (SSSR count). The number of benzene rings is 1. The van der Waals surface area contributed by atoms with E-state index in [1.54, 1.807) is 19.2 Å². The fourth-order valence-corrected chi connectivity index (χ4v) is 2.87. The SMILES string of the molecule is Cn1nnc(COc2c(Br)cc(CO)cc2Br)n1. The molecule has 0 aliphatic rings. The van der Waals surface area contributed by atoms with Crippen molar-refractivity contribution in [3.63, 3.8) is 0 Å². The molecule has 1 N–H and O–H groups in total. The summed E-state index contributed by atoms with van der Waals surface area (Å²) in [7, 11) is 1.69. The number of tetrazole rings is 1. The van der Waals surface area contributed by atoms with Crippen molar-refractivity contribution in [1.82, 2.24) is 20.2 Å². The molecule has 0 aliphatic heterocycles. The summed E-state index contributed by atoms with van der Waals surface area (Å²) >= 11 is 6.78. The summed E-state index contributed by atoms with van der Waals surface area (Å²) in [6.07, 6.45) is 0. The number of aliphatic hydroxyl groups excluding tert-OH is 1.